The van der Waals surface area contributed by atoms with Crippen molar-refractivity contribution in [2.45, 2.75) is 0 Å². The van der Waals surface area contributed by atoms with Crippen LogP contribution in [0, 0.1) is 40.7 Å². The lowest BCUT2D eigenvalue weighted by molar-refractivity contribution is 0.432. The average molecular weight is 450 g/mol. The highest BCUT2D eigenvalue weighted by Crippen LogP contribution is 2.33. The molecule has 0 aliphatic rings. The summed E-state index contributed by atoms with van der Waals surface area (Å²) in [6, 6.07) is 8.57. The Balaban J connectivity index is 1.82. The molecule has 0 bridgehead atoms. The van der Waals surface area contributed by atoms with Crippen LogP contribution in [0.15, 0.2) is 54.6 Å². The fourth-order valence-electron chi connectivity index (χ4n) is 3.34. The molecule has 0 heterocycles. The number of hydrogen-bond donors (Lipinski definition) is 1. The molecule has 1 N–H and O–H groups in total. The molecule has 0 spiro atoms. The van der Waals surface area contributed by atoms with Gasteiger partial charge in [-0.15, -0.1) is 0 Å². The van der Waals surface area contributed by atoms with Crippen LogP contribution in [-0.4, -0.2) is 12.1 Å². The zero-order valence-electron chi connectivity index (χ0n) is 15.8. The van der Waals surface area contributed by atoms with Gasteiger partial charge in [-0.1, -0.05) is 24.3 Å². The van der Waals surface area contributed by atoms with E-state index in [0.717, 1.165) is 12.1 Å². The molecular formula is C22H10BF7O2. The van der Waals surface area contributed by atoms with Crippen LogP contribution in [0.25, 0.3) is 21.9 Å². The molecule has 0 aromatic heterocycles. The Hall–Kier alpha value is -3.53. The molecule has 0 aliphatic carbocycles. The second-order valence-electron chi connectivity index (χ2n) is 6.76. The first-order valence-electron chi connectivity index (χ1n) is 9.03. The second-order valence-corrected chi connectivity index (χ2v) is 6.76. The normalized spacial score (nSPS) is 11.1. The largest absolute Gasteiger partial charge is 0.560 e. The molecule has 0 aliphatic heterocycles. The van der Waals surface area contributed by atoms with E-state index in [1.54, 1.807) is 0 Å². The molecule has 0 atom stereocenters. The molecule has 2 nitrogen and oxygen atoms in total. The second kappa shape index (κ2) is 8.20. The molecule has 4 aromatic carbocycles. The van der Waals surface area contributed by atoms with Crippen molar-refractivity contribution in [3.8, 4) is 16.9 Å². The molecule has 4 aromatic rings. The zero-order chi connectivity index (χ0) is 23.2. The average Bonchev–Trinajstić information content (AvgIpc) is 2.76. The smallest absolute Gasteiger partial charge is 0.532 e. The highest BCUT2D eigenvalue weighted by molar-refractivity contribution is 6.62. The number of hydrogen-bond acceptors (Lipinski definition) is 2. The predicted molar refractivity (Wildman–Crippen MR) is 104 cm³/mol. The fraction of sp³-hybridized carbons (Fsp3) is 0. The van der Waals surface area contributed by atoms with Gasteiger partial charge in [-0.05, 0) is 29.8 Å². The molecule has 0 saturated heterocycles. The monoisotopic (exact) mass is 450 g/mol. The summed E-state index contributed by atoms with van der Waals surface area (Å²) in [5.41, 5.74) is -0.800. The summed E-state index contributed by atoms with van der Waals surface area (Å²) in [5.74, 6) is -10.8. The fourth-order valence-corrected chi connectivity index (χ4v) is 3.34. The summed E-state index contributed by atoms with van der Waals surface area (Å²) < 4.78 is 102. The first-order valence-corrected chi connectivity index (χ1v) is 9.03. The van der Waals surface area contributed by atoms with Crippen LogP contribution >= 0.6 is 0 Å². The minimum atomic E-state index is -1.94. The Morgan fingerprint density at radius 3 is 2.09 bits per heavy atom. The van der Waals surface area contributed by atoms with Gasteiger partial charge in [0, 0.05) is 22.5 Å². The lowest BCUT2D eigenvalue weighted by atomic mass is 9.74. The van der Waals surface area contributed by atoms with Gasteiger partial charge in [-0.3, -0.25) is 0 Å². The number of rotatable bonds is 4. The van der Waals surface area contributed by atoms with Crippen LogP contribution in [0.2, 0.25) is 0 Å². The van der Waals surface area contributed by atoms with Gasteiger partial charge in [-0.25, -0.2) is 30.7 Å². The predicted octanol–water partition coefficient (Wildman–Crippen LogP) is 5.25. The van der Waals surface area contributed by atoms with Gasteiger partial charge in [-0.2, -0.15) is 0 Å². The van der Waals surface area contributed by atoms with E-state index in [1.165, 1.54) is 24.3 Å². The maximum Gasteiger partial charge on any atom is 0.560 e. The Kier molecular flexibility index (Phi) is 5.56. The van der Waals surface area contributed by atoms with Crippen molar-refractivity contribution in [1.29, 1.82) is 0 Å². The highest BCUT2D eigenvalue weighted by Gasteiger charge is 2.27. The minimum Gasteiger partial charge on any atom is -0.532 e. The molecular weight excluding hydrogens is 440 g/mol. The SMILES string of the molecule is OB(Oc1ccc(F)c2c(F)c(F)c(F)cc12)c1ccccc1-c1cc(F)cc(F)c1F. The summed E-state index contributed by atoms with van der Waals surface area (Å²) >= 11 is 0. The van der Waals surface area contributed by atoms with E-state index < -0.39 is 69.9 Å². The van der Waals surface area contributed by atoms with E-state index in [2.05, 4.69) is 0 Å². The van der Waals surface area contributed by atoms with E-state index in [4.69, 9.17) is 4.65 Å². The van der Waals surface area contributed by atoms with E-state index in [1.807, 2.05) is 0 Å². The molecule has 0 fully saturated rings. The Morgan fingerprint density at radius 2 is 1.34 bits per heavy atom. The number of benzene rings is 4. The summed E-state index contributed by atoms with van der Waals surface area (Å²) in [4.78, 5) is 0. The van der Waals surface area contributed by atoms with Crippen molar-refractivity contribution in [2.24, 2.45) is 0 Å². The molecule has 10 heteroatoms. The lowest BCUT2D eigenvalue weighted by Crippen LogP contribution is -2.38. The summed E-state index contributed by atoms with van der Waals surface area (Å²) in [6.45, 7) is 0. The topological polar surface area (TPSA) is 29.5 Å². The van der Waals surface area contributed by atoms with Crippen LogP contribution in [0.5, 0.6) is 5.75 Å². The number of fused-ring (bicyclic) bond motifs is 1. The standard InChI is InChI=1S/C22H10BF7O2/c24-10-7-12(20(28)16(26)8-10)11-3-1-2-4-14(11)23(31)32-18-6-5-15(25)19-13(18)9-17(27)21(29)22(19)30/h1-9,31H. The van der Waals surface area contributed by atoms with E-state index in [0.29, 0.717) is 18.2 Å². The van der Waals surface area contributed by atoms with Crippen molar-refractivity contribution in [3.63, 3.8) is 0 Å². The molecule has 0 amide bonds. The van der Waals surface area contributed by atoms with Crippen molar-refractivity contribution in [3.05, 3.63) is 95.3 Å². The van der Waals surface area contributed by atoms with Crippen molar-refractivity contribution in [1.82, 2.24) is 0 Å². The molecule has 0 saturated carbocycles. The molecule has 32 heavy (non-hydrogen) atoms. The van der Waals surface area contributed by atoms with Gasteiger partial charge in [0.1, 0.15) is 17.4 Å². The number of halogens is 7. The van der Waals surface area contributed by atoms with Gasteiger partial charge in [0.25, 0.3) is 0 Å². The Bertz CT molecular complexity index is 1360. The van der Waals surface area contributed by atoms with Crippen LogP contribution in [0.1, 0.15) is 0 Å². The highest BCUT2D eigenvalue weighted by atomic mass is 19.2. The van der Waals surface area contributed by atoms with Gasteiger partial charge >= 0.3 is 7.12 Å². The first kappa shape index (κ1) is 21.7. The molecule has 4 rings (SSSR count). The first-order chi connectivity index (χ1) is 15.2. The van der Waals surface area contributed by atoms with Crippen molar-refractivity contribution >= 4 is 23.4 Å². The maximum atomic E-state index is 14.3. The Morgan fingerprint density at radius 1 is 0.656 bits per heavy atom. The Labute approximate surface area is 176 Å². The third kappa shape index (κ3) is 3.66. The van der Waals surface area contributed by atoms with Gasteiger partial charge < -0.3 is 9.68 Å². The zero-order valence-corrected chi connectivity index (χ0v) is 15.8. The van der Waals surface area contributed by atoms with Crippen LogP contribution in [0.4, 0.5) is 30.7 Å². The van der Waals surface area contributed by atoms with E-state index >= 15 is 0 Å². The van der Waals surface area contributed by atoms with E-state index in [9.17, 15) is 35.8 Å². The van der Waals surface area contributed by atoms with Gasteiger partial charge in [0.05, 0.1) is 5.39 Å². The quantitative estimate of drug-likeness (QED) is 0.199. The minimum absolute atomic E-state index is 0.134. The summed E-state index contributed by atoms with van der Waals surface area (Å²) in [6.07, 6.45) is 0. The molecule has 0 radical (unpaired) electrons. The van der Waals surface area contributed by atoms with Gasteiger partial charge in [0.15, 0.2) is 29.1 Å². The van der Waals surface area contributed by atoms with Crippen LogP contribution < -0.4 is 10.1 Å². The summed E-state index contributed by atoms with van der Waals surface area (Å²) in [5, 5.41) is 9.16. The lowest BCUT2D eigenvalue weighted by Gasteiger charge is -2.16. The van der Waals surface area contributed by atoms with Crippen molar-refractivity contribution < 1.29 is 40.4 Å². The van der Waals surface area contributed by atoms with Gasteiger partial charge in [0.2, 0.25) is 0 Å². The maximum absolute atomic E-state index is 14.3. The molecule has 162 valence electrons. The van der Waals surface area contributed by atoms with Crippen molar-refractivity contribution in [2.75, 3.05) is 0 Å². The third-order valence-corrected chi connectivity index (χ3v) is 4.80. The van der Waals surface area contributed by atoms with E-state index in [-0.39, 0.29) is 11.0 Å². The van der Waals surface area contributed by atoms with Crippen LogP contribution in [0.3, 0.4) is 0 Å². The third-order valence-electron chi connectivity index (χ3n) is 4.80. The summed E-state index contributed by atoms with van der Waals surface area (Å²) in [7, 11) is -1.94. The molecule has 0 unspecified atom stereocenters. The van der Waals surface area contributed by atoms with Crippen LogP contribution in [-0.2, 0) is 0 Å².